The summed E-state index contributed by atoms with van der Waals surface area (Å²) in [6, 6.07) is 5.79. The Labute approximate surface area is 75.1 Å². The molecule has 0 aliphatic heterocycles. The smallest absolute Gasteiger partial charge is 0.118 e. The molecule has 1 N–H and O–H groups in total. The maximum Gasteiger partial charge on any atom is 0.118 e. The molecule has 0 amide bonds. The van der Waals surface area contributed by atoms with Crippen LogP contribution < -0.4 is 0 Å². The van der Waals surface area contributed by atoms with Gasteiger partial charge in [0.1, 0.15) is 5.75 Å². The maximum absolute atomic E-state index is 9.23. The number of phenolic OH excluding ortho intramolecular Hbond substituents is 1. The van der Waals surface area contributed by atoms with Gasteiger partial charge in [-0.2, -0.15) is 0 Å². The third-order valence-electron chi connectivity index (χ3n) is 1.68. The topological polar surface area (TPSA) is 20.2 Å². The second-order valence-electron chi connectivity index (χ2n) is 2.47. The first-order valence-corrected chi connectivity index (χ1v) is 4.52. The van der Waals surface area contributed by atoms with E-state index in [-0.39, 0.29) is 0 Å². The predicted molar refractivity (Wildman–Crippen MR) is 53.6 cm³/mol. The molecule has 0 heterocycles. The second-order valence-corrected chi connectivity index (χ2v) is 2.47. The van der Waals surface area contributed by atoms with Crippen LogP contribution >= 0.6 is 0 Å². The number of aryl methyl sites for hydroxylation is 2. The zero-order valence-electron chi connectivity index (χ0n) is 8.39. The quantitative estimate of drug-likeness (QED) is 0.678. The van der Waals surface area contributed by atoms with Crippen molar-refractivity contribution in [1.82, 2.24) is 0 Å². The molecule has 0 unspecified atom stereocenters. The summed E-state index contributed by atoms with van der Waals surface area (Å²) < 4.78 is 0. The third-order valence-corrected chi connectivity index (χ3v) is 1.68. The highest BCUT2D eigenvalue weighted by atomic mass is 16.3. The van der Waals surface area contributed by atoms with Crippen LogP contribution in [0.5, 0.6) is 5.75 Å². The van der Waals surface area contributed by atoms with Crippen molar-refractivity contribution in [2.45, 2.75) is 34.1 Å². The molecule has 0 aromatic heterocycles. The molecule has 0 atom stereocenters. The van der Waals surface area contributed by atoms with Gasteiger partial charge < -0.3 is 5.11 Å². The molecule has 0 saturated heterocycles. The molecule has 0 saturated carbocycles. The summed E-state index contributed by atoms with van der Waals surface area (Å²) in [7, 11) is 0. The van der Waals surface area contributed by atoms with E-state index < -0.39 is 0 Å². The number of hydrogen-bond acceptors (Lipinski definition) is 1. The van der Waals surface area contributed by atoms with Crippen molar-refractivity contribution in [3.05, 3.63) is 29.3 Å². The van der Waals surface area contributed by atoms with Crippen molar-refractivity contribution in [3.63, 3.8) is 0 Å². The maximum atomic E-state index is 9.23. The van der Waals surface area contributed by atoms with E-state index in [0.717, 1.165) is 12.0 Å². The minimum Gasteiger partial charge on any atom is -0.508 e. The van der Waals surface area contributed by atoms with Crippen LogP contribution in [0.25, 0.3) is 0 Å². The molecule has 1 aromatic carbocycles. The molecule has 0 radical (unpaired) electrons. The van der Waals surface area contributed by atoms with Crippen LogP contribution in [0.3, 0.4) is 0 Å². The molecule has 0 aliphatic carbocycles. The lowest BCUT2D eigenvalue weighted by Gasteiger charge is -1.99. The van der Waals surface area contributed by atoms with Gasteiger partial charge in [-0.15, -0.1) is 0 Å². The Morgan fingerprint density at radius 3 is 2.25 bits per heavy atom. The highest BCUT2D eigenvalue weighted by Crippen LogP contribution is 2.17. The van der Waals surface area contributed by atoms with Gasteiger partial charge in [0.15, 0.2) is 0 Å². The van der Waals surface area contributed by atoms with E-state index in [4.69, 9.17) is 0 Å². The predicted octanol–water partition coefficient (Wildman–Crippen LogP) is 3.29. The zero-order chi connectivity index (χ0) is 9.56. The van der Waals surface area contributed by atoms with E-state index in [2.05, 4.69) is 6.92 Å². The van der Waals surface area contributed by atoms with Gasteiger partial charge in [0.25, 0.3) is 0 Å². The van der Waals surface area contributed by atoms with E-state index in [1.807, 2.05) is 39.0 Å². The molecule has 0 aliphatic rings. The molecule has 1 aromatic rings. The number of rotatable bonds is 1. The lowest BCUT2D eigenvalue weighted by molar-refractivity contribution is 0.470. The molecule has 0 spiro atoms. The monoisotopic (exact) mass is 166 g/mol. The van der Waals surface area contributed by atoms with E-state index >= 15 is 0 Å². The summed E-state index contributed by atoms with van der Waals surface area (Å²) in [5.74, 6) is 0.402. The average Bonchev–Trinajstić information content (AvgIpc) is 2.13. The molecule has 1 heteroatoms. The fourth-order valence-corrected chi connectivity index (χ4v) is 0.875. The summed E-state index contributed by atoms with van der Waals surface area (Å²) in [6.07, 6.45) is 0.980. The first kappa shape index (κ1) is 11.0. The van der Waals surface area contributed by atoms with Crippen LogP contribution in [0.15, 0.2) is 18.2 Å². The molecule has 0 bridgehead atoms. The average molecular weight is 166 g/mol. The molecule has 1 rings (SSSR count). The van der Waals surface area contributed by atoms with E-state index in [1.54, 1.807) is 0 Å². The number of phenols is 1. The third kappa shape index (κ3) is 2.95. The normalized spacial score (nSPS) is 8.67. The van der Waals surface area contributed by atoms with Crippen LogP contribution in [0, 0.1) is 6.92 Å². The summed E-state index contributed by atoms with van der Waals surface area (Å²) in [6.45, 7) is 7.97. The van der Waals surface area contributed by atoms with Crippen molar-refractivity contribution in [2.24, 2.45) is 0 Å². The van der Waals surface area contributed by atoms with Crippen LogP contribution in [0.2, 0.25) is 0 Å². The molecular formula is C11H18O. The van der Waals surface area contributed by atoms with E-state index in [1.165, 1.54) is 5.56 Å². The van der Waals surface area contributed by atoms with Gasteiger partial charge in [0.2, 0.25) is 0 Å². The van der Waals surface area contributed by atoms with Crippen LogP contribution in [-0.4, -0.2) is 5.11 Å². The van der Waals surface area contributed by atoms with Gasteiger partial charge in [-0.25, -0.2) is 0 Å². The number of aromatic hydroxyl groups is 1. The van der Waals surface area contributed by atoms with E-state index in [0.29, 0.717) is 5.75 Å². The van der Waals surface area contributed by atoms with Gasteiger partial charge in [0, 0.05) is 0 Å². The number of hydrogen-bond donors (Lipinski definition) is 1. The van der Waals surface area contributed by atoms with Crippen LogP contribution in [0.1, 0.15) is 31.9 Å². The highest BCUT2D eigenvalue weighted by Gasteiger charge is 1.94. The van der Waals surface area contributed by atoms with Crippen LogP contribution in [-0.2, 0) is 6.42 Å². The van der Waals surface area contributed by atoms with Gasteiger partial charge in [-0.3, -0.25) is 0 Å². The number of benzene rings is 1. The van der Waals surface area contributed by atoms with Gasteiger partial charge in [0.05, 0.1) is 0 Å². The SMILES string of the molecule is CC.CCc1ccc(C)c(O)c1. The summed E-state index contributed by atoms with van der Waals surface area (Å²) in [5.41, 5.74) is 2.13. The standard InChI is InChI=1S/C9H12O.C2H6/c1-3-8-5-4-7(2)9(10)6-8;1-2/h4-6,10H,3H2,1-2H3;1-2H3. The zero-order valence-corrected chi connectivity index (χ0v) is 8.39. The van der Waals surface area contributed by atoms with Crippen molar-refractivity contribution in [1.29, 1.82) is 0 Å². The first-order valence-electron chi connectivity index (χ1n) is 4.52. The summed E-state index contributed by atoms with van der Waals surface area (Å²) in [5, 5.41) is 9.23. The fourth-order valence-electron chi connectivity index (χ4n) is 0.875. The molecule has 0 fully saturated rings. The summed E-state index contributed by atoms with van der Waals surface area (Å²) in [4.78, 5) is 0. The van der Waals surface area contributed by atoms with Crippen LogP contribution in [0.4, 0.5) is 0 Å². The Bertz CT molecular complexity index is 228. The lowest BCUT2D eigenvalue weighted by atomic mass is 10.1. The van der Waals surface area contributed by atoms with Gasteiger partial charge in [-0.05, 0) is 30.5 Å². The Morgan fingerprint density at radius 1 is 1.25 bits per heavy atom. The summed E-state index contributed by atoms with van der Waals surface area (Å²) >= 11 is 0. The van der Waals surface area contributed by atoms with Crippen molar-refractivity contribution < 1.29 is 5.11 Å². The fraction of sp³-hybridized carbons (Fsp3) is 0.455. The van der Waals surface area contributed by atoms with Crippen molar-refractivity contribution >= 4 is 0 Å². The first-order chi connectivity index (χ1) is 5.74. The van der Waals surface area contributed by atoms with Crippen molar-refractivity contribution in [2.75, 3.05) is 0 Å². The molecular weight excluding hydrogens is 148 g/mol. The Balaban J connectivity index is 0.000000561. The molecule has 1 nitrogen and oxygen atoms in total. The Morgan fingerprint density at radius 2 is 1.83 bits per heavy atom. The largest absolute Gasteiger partial charge is 0.508 e. The lowest BCUT2D eigenvalue weighted by Crippen LogP contribution is -1.80. The van der Waals surface area contributed by atoms with E-state index in [9.17, 15) is 5.11 Å². The highest BCUT2D eigenvalue weighted by molar-refractivity contribution is 5.35. The minimum atomic E-state index is 0.402. The molecule has 12 heavy (non-hydrogen) atoms. The van der Waals surface area contributed by atoms with Gasteiger partial charge in [-0.1, -0.05) is 32.9 Å². The Kier molecular flexibility index (Phi) is 5.18. The van der Waals surface area contributed by atoms with Crippen molar-refractivity contribution in [3.8, 4) is 5.75 Å². The Hall–Kier alpha value is -0.980. The minimum absolute atomic E-state index is 0.402. The van der Waals surface area contributed by atoms with Gasteiger partial charge >= 0.3 is 0 Å². The second kappa shape index (κ2) is 5.64. The molecule has 68 valence electrons.